The topological polar surface area (TPSA) is 55.2 Å². The lowest BCUT2D eigenvalue weighted by molar-refractivity contribution is 0.280. The summed E-state index contributed by atoms with van der Waals surface area (Å²) in [7, 11) is 0. The zero-order valence-electron chi connectivity index (χ0n) is 11.4. The van der Waals surface area contributed by atoms with Crippen molar-refractivity contribution in [2.75, 3.05) is 0 Å². The first-order valence-corrected chi connectivity index (χ1v) is 6.20. The van der Waals surface area contributed by atoms with Gasteiger partial charge in [0.1, 0.15) is 12.4 Å². The van der Waals surface area contributed by atoms with Crippen LogP contribution in [0.15, 0.2) is 36.5 Å². The van der Waals surface area contributed by atoms with Crippen molar-refractivity contribution >= 4 is 0 Å². The summed E-state index contributed by atoms with van der Waals surface area (Å²) in [6.07, 6.45) is 1.52. The molecule has 0 aliphatic carbocycles. The molecule has 4 nitrogen and oxygen atoms in total. The Morgan fingerprint density at radius 2 is 1.84 bits per heavy atom. The van der Waals surface area contributed by atoms with E-state index in [1.807, 2.05) is 51.1 Å². The van der Waals surface area contributed by atoms with Gasteiger partial charge in [0.05, 0.1) is 6.20 Å². The van der Waals surface area contributed by atoms with Gasteiger partial charge >= 0.3 is 0 Å². The third-order valence-corrected chi connectivity index (χ3v) is 2.64. The second-order valence-corrected chi connectivity index (χ2v) is 5.41. The molecule has 0 unspecified atom stereocenters. The first-order chi connectivity index (χ1) is 8.97. The van der Waals surface area contributed by atoms with Gasteiger partial charge in [0.2, 0.25) is 0 Å². The Labute approximate surface area is 113 Å². The fourth-order valence-corrected chi connectivity index (χ4v) is 1.56. The van der Waals surface area contributed by atoms with Crippen LogP contribution >= 0.6 is 0 Å². The van der Waals surface area contributed by atoms with Crippen LogP contribution in [0.3, 0.4) is 0 Å². The molecule has 0 atom stereocenters. The molecule has 1 aromatic heterocycles. The maximum Gasteiger partial charge on any atom is 0.258 e. The summed E-state index contributed by atoms with van der Waals surface area (Å²) in [6.45, 7) is 6.36. The van der Waals surface area contributed by atoms with Gasteiger partial charge in [0.15, 0.2) is 5.75 Å². The van der Waals surface area contributed by atoms with Gasteiger partial charge in [-0.1, -0.05) is 51.1 Å². The molecule has 0 saturated carbocycles. The normalized spacial score (nSPS) is 11.3. The minimum Gasteiger partial charge on any atom is -0.491 e. The SMILES string of the molecule is CC(C)(C)c1ncc(OCc2ccccc2)c(O)n1. The number of hydrogen-bond acceptors (Lipinski definition) is 4. The number of nitrogens with zero attached hydrogens (tertiary/aromatic N) is 2. The molecule has 0 bridgehead atoms. The summed E-state index contributed by atoms with van der Waals surface area (Å²) in [6, 6.07) is 9.75. The van der Waals surface area contributed by atoms with Crippen LogP contribution in [0.2, 0.25) is 0 Å². The van der Waals surface area contributed by atoms with Gasteiger partial charge in [-0.3, -0.25) is 0 Å². The smallest absolute Gasteiger partial charge is 0.258 e. The Balaban J connectivity index is 2.10. The lowest BCUT2D eigenvalue weighted by Gasteiger charge is -2.17. The van der Waals surface area contributed by atoms with Crippen molar-refractivity contribution in [2.45, 2.75) is 32.8 Å². The Kier molecular flexibility index (Phi) is 3.69. The van der Waals surface area contributed by atoms with E-state index in [0.717, 1.165) is 5.56 Å². The van der Waals surface area contributed by atoms with E-state index in [2.05, 4.69) is 9.97 Å². The fourth-order valence-electron chi connectivity index (χ4n) is 1.56. The summed E-state index contributed by atoms with van der Waals surface area (Å²) in [5.41, 5.74) is 0.830. The maximum absolute atomic E-state index is 9.86. The summed E-state index contributed by atoms with van der Waals surface area (Å²) < 4.78 is 5.52. The number of hydrogen-bond donors (Lipinski definition) is 1. The first-order valence-electron chi connectivity index (χ1n) is 6.20. The fraction of sp³-hybridized carbons (Fsp3) is 0.333. The van der Waals surface area contributed by atoms with E-state index in [4.69, 9.17) is 4.74 Å². The van der Waals surface area contributed by atoms with Gasteiger partial charge in [-0.2, -0.15) is 4.98 Å². The quantitative estimate of drug-likeness (QED) is 0.919. The number of aromatic hydroxyl groups is 1. The zero-order valence-corrected chi connectivity index (χ0v) is 11.4. The first kappa shape index (κ1) is 13.3. The van der Waals surface area contributed by atoms with Gasteiger partial charge in [-0.05, 0) is 5.56 Å². The molecule has 0 radical (unpaired) electrons. The third-order valence-electron chi connectivity index (χ3n) is 2.64. The van der Waals surface area contributed by atoms with E-state index < -0.39 is 0 Å². The molecule has 19 heavy (non-hydrogen) atoms. The zero-order chi connectivity index (χ0) is 13.9. The van der Waals surface area contributed by atoms with Crippen LogP contribution < -0.4 is 4.74 Å². The summed E-state index contributed by atoms with van der Waals surface area (Å²) in [5.74, 6) is 0.782. The average Bonchev–Trinajstić information content (AvgIpc) is 2.37. The molecule has 100 valence electrons. The van der Waals surface area contributed by atoms with Gasteiger partial charge < -0.3 is 9.84 Å². The molecule has 0 saturated heterocycles. The minimum atomic E-state index is -0.199. The molecule has 1 aromatic carbocycles. The molecule has 0 spiro atoms. The largest absolute Gasteiger partial charge is 0.491 e. The second kappa shape index (κ2) is 5.26. The molecule has 0 aliphatic rings. The van der Waals surface area contributed by atoms with Crippen molar-refractivity contribution in [3.63, 3.8) is 0 Å². The molecular formula is C15H18N2O2. The molecule has 4 heteroatoms. The van der Waals surface area contributed by atoms with E-state index in [1.165, 1.54) is 6.20 Å². The third kappa shape index (κ3) is 3.44. The number of ether oxygens (including phenoxy) is 1. The number of rotatable bonds is 3. The van der Waals surface area contributed by atoms with Crippen LogP contribution in [0.1, 0.15) is 32.2 Å². The predicted octanol–water partition coefficient (Wildman–Crippen LogP) is 3.06. The van der Waals surface area contributed by atoms with Crippen LogP contribution in [0.4, 0.5) is 0 Å². The summed E-state index contributed by atoms with van der Waals surface area (Å²) in [4.78, 5) is 8.30. The molecule has 1 heterocycles. The highest BCUT2D eigenvalue weighted by atomic mass is 16.5. The Morgan fingerprint density at radius 1 is 1.16 bits per heavy atom. The molecule has 0 aliphatic heterocycles. The minimum absolute atomic E-state index is 0.115. The number of aromatic nitrogens is 2. The molecule has 2 aromatic rings. The lowest BCUT2D eigenvalue weighted by atomic mass is 9.96. The van der Waals surface area contributed by atoms with Crippen molar-refractivity contribution in [2.24, 2.45) is 0 Å². The Bertz CT molecular complexity index is 548. The van der Waals surface area contributed by atoms with Crippen LogP contribution in [0, 0.1) is 0 Å². The number of benzene rings is 1. The van der Waals surface area contributed by atoms with Gasteiger partial charge in [-0.15, -0.1) is 0 Å². The van der Waals surface area contributed by atoms with Crippen LogP contribution in [-0.2, 0) is 12.0 Å². The lowest BCUT2D eigenvalue weighted by Crippen LogP contribution is -2.15. The highest BCUT2D eigenvalue weighted by Gasteiger charge is 2.19. The van der Waals surface area contributed by atoms with Crippen LogP contribution in [0.5, 0.6) is 11.6 Å². The molecule has 0 fully saturated rings. The standard InChI is InChI=1S/C15H18N2O2/c1-15(2,3)14-16-9-12(13(18)17-14)19-10-11-7-5-4-6-8-11/h4-9H,10H2,1-3H3,(H,16,17,18). The van der Waals surface area contributed by atoms with Crippen molar-refractivity contribution in [1.29, 1.82) is 0 Å². The van der Waals surface area contributed by atoms with Crippen molar-refractivity contribution in [1.82, 2.24) is 9.97 Å². The summed E-state index contributed by atoms with van der Waals surface area (Å²) >= 11 is 0. The Hall–Kier alpha value is -2.10. The van der Waals surface area contributed by atoms with Crippen LogP contribution in [0.25, 0.3) is 0 Å². The van der Waals surface area contributed by atoms with E-state index in [0.29, 0.717) is 18.2 Å². The molecule has 0 amide bonds. The van der Waals surface area contributed by atoms with Crippen molar-refractivity contribution < 1.29 is 9.84 Å². The van der Waals surface area contributed by atoms with E-state index in [9.17, 15) is 5.11 Å². The molecular weight excluding hydrogens is 240 g/mol. The van der Waals surface area contributed by atoms with E-state index in [1.54, 1.807) is 0 Å². The predicted molar refractivity (Wildman–Crippen MR) is 73.2 cm³/mol. The second-order valence-electron chi connectivity index (χ2n) is 5.41. The maximum atomic E-state index is 9.86. The van der Waals surface area contributed by atoms with E-state index in [-0.39, 0.29) is 11.3 Å². The average molecular weight is 258 g/mol. The highest BCUT2D eigenvalue weighted by Crippen LogP contribution is 2.27. The highest BCUT2D eigenvalue weighted by molar-refractivity contribution is 5.31. The van der Waals surface area contributed by atoms with E-state index >= 15 is 0 Å². The summed E-state index contributed by atoms with van der Waals surface area (Å²) in [5, 5.41) is 9.86. The van der Waals surface area contributed by atoms with Crippen LogP contribution in [-0.4, -0.2) is 15.1 Å². The van der Waals surface area contributed by atoms with Gasteiger partial charge in [-0.25, -0.2) is 4.98 Å². The molecule has 2 rings (SSSR count). The monoisotopic (exact) mass is 258 g/mol. The molecule has 1 N–H and O–H groups in total. The van der Waals surface area contributed by atoms with Gasteiger partial charge in [0, 0.05) is 5.41 Å². The van der Waals surface area contributed by atoms with Crippen molar-refractivity contribution in [3.8, 4) is 11.6 Å². The Morgan fingerprint density at radius 3 is 2.42 bits per heavy atom. The van der Waals surface area contributed by atoms with Crippen molar-refractivity contribution in [3.05, 3.63) is 47.9 Å². The van der Waals surface area contributed by atoms with Gasteiger partial charge in [0.25, 0.3) is 5.88 Å².